The SMILES string of the molecule is CCCCC(I)(CCCC)C(N)=O. The van der Waals surface area contributed by atoms with Crippen LogP contribution in [0.5, 0.6) is 0 Å². The summed E-state index contributed by atoms with van der Waals surface area (Å²) in [5.41, 5.74) is 5.41. The smallest absolute Gasteiger partial charge is 0.233 e. The van der Waals surface area contributed by atoms with Crippen molar-refractivity contribution in [2.75, 3.05) is 0 Å². The minimum atomic E-state index is -0.288. The highest BCUT2D eigenvalue weighted by atomic mass is 127. The van der Waals surface area contributed by atoms with Crippen molar-refractivity contribution in [1.82, 2.24) is 0 Å². The quantitative estimate of drug-likeness (QED) is 0.569. The standard InChI is InChI=1S/C10H20INO/c1-3-5-7-10(11,9(12)13)8-6-4-2/h3-8H2,1-2H3,(H2,12,13). The molecule has 2 N–H and O–H groups in total. The Morgan fingerprint density at radius 1 is 1.23 bits per heavy atom. The van der Waals surface area contributed by atoms with Crippen LogP contribution in [0.15, 0.2) is 0 Å². The van der Waals surface area contributed by atoms with Gasteiger partial charge in [0.1, 0.15) is 3.42 Å². The molecule has 0 fully saturated rings. The van der Waals surface area contributed by atoms with E-state index in [0.717, 1.165) is 38.5 Å². The Kier molecular flexibility index (Phi) is 6.73. The number of carbonyl (C=O) groups is 1. The lowest BCUT2D eigenvalue weighted by atomic mass is 9.95. The Bertz CT molecular complexity index is 151. The van der Waals surface area contributed by atoms with E-state index in [1.165, 1.54) is 0 Å². The van der Waals surface area contributed by atoms with Gasteiger partial charge in [0.25, 0.3) is 0 Å². The third kappa shape index (κ3) is 4.84. The number of primary amides is 1. The second-order valence-electron chi connectivity index (χ2n) is 3.54. The number of unbranched alkanes of at least 4 members (excludes halogenated alkanes) is 2. The highest BCUT2D eigenvalue weighted by molar-refractivity contribution is 14.1. The van der Waals surface area contributed by atoms with Gasteiger partial charge in [0, 0.05) is 0 Å². The van der Waals surface area contributed by atoms with E-state index in [4.69, 9.17) is 5.73 Å². The molecule has 0 aromatic heterocycles. The molecule has 0 atom stereocenters. The maximum atomic E-state index is 11.2. The molecule has 0 unspecified atom stereocenters. The van der Waals surface area contributed by atoms with Gasteiger partial charge in [0.05, 0.1) is 0 Å². The third-order valence-corrected chi connectivity index (χ3v) is 3.91. The molecule has 0 saturated heterocycles. The Hall–Kier alpha value is 0.200. The molecular weight excluding hydrogens is 277 g/mol. The fourth-order valence-corrected chi connectivity index (χ4v) is 2.05. The molecule has 0 radical (unpaired) electrons. The summed E-state index contributed by atoms with van der Waals surface area (Å²) in [6.07, 6.45) is 6.30. The molecule has 3 heteroatoms. The molecule has 0 rings (SSSR count). The average molecular weight is 297 g/mol. The molecule has 1 amide bonds. The predicted molar refractivity (Wildman–Crippen MR) is 65.0 cm³/mol. The van der Waals surface area contributed by atoms with E-state index in [1.807, 2.05) is 0 Å². The number of amides is 1. The minimum Gasteiger partial charge on any atom is -0.369 e. The molecule has 0 aromatic carbocycles. The van der Waals surface area contributed by atoms with Crippen molar-refractivity contribution in [2.24, 2.45) is 5.73 Å². The van der Waals surface area contributed by atoms with Gasteiger partial charge in [-0.15, -0.1) is 0 Å². The topological polar surface area (TPSA) is 43.1 Å². The molecular formula is C10H20INO. The molecule has 0 aliphatic rings. The second kappa shape index (κ2) is 6.62. The summed E-state index contributed by atoms with van der Waals surface area (Å²) >= 11 is 2.24. The number of alkyl halides is 1. The van der Waals surface area contributed by atoms with Crippen molar-refractivity contribution in [3.63, 3.8) is 0 Å². The third-order valence-electron chi connectivity index (χ3n) is 2.29. The van der Waals surface area contributed by atoms with Crippen LogP contribution in [0.3, 0.4) is 0 Å². The maximum absolute atomic E-state index is 11.2. The molecule has 0 heterocycles. The first-order valence-corrected chi connectivity index (χ1v) is 6.13. The van der Waals surface area contributed by atoms with Gasteiger partial charge in [0.2, 0.25) is 5.91 Å². The number of carbonyl (C=O) groups excluding carboxylic acids is 1. The van der Waals surface area contributed by atoms with Crippen molar-refractivity contribution in [3.05, 3.63) is 0 Å². The van der Waals surface area contributed by atoms with Crippen LogP contribution < -0.4 is 5.73 Å². The van der Waals surface area contributed by atoms with E-state index in [-0.39, 0.29) is 9.33 Å². The largest absolute Gasteiger partial charge is 0.369 e. The fourth-order valence-electron chi connectivity index (χ4n) is 1.29. The van der Waals surface area contributed by atoms with Crippen LogP contribution in [0.1, 0.15) is 52.4 Å². The molecule has 0 spiro atoms. The van der Waals surface area contributed by atoms with Gasteiger partial charge in [0.15, 0.2) is 0 Å². The van der Waals surface area contributed by atoms with E-state index in [0.29, 0.717) is 0 Å². The molecule has 2 nitrogen and oxygen atoms in total. The van der Waals surface area contributed by atoms with Crippen LogP contribution in [0.2, 0.25) is 0 Å². The van der Waals surface area contributed by atoms with Crippen molar-refractivity contribution in [2.45, 2.75) is 55.8 Å². The highest BCUT2D eigenvalue weighted by Gasteiger charge is 2.31. The van der Waals surface area contributed by atoms with Crippen LogP contribution in [0.25, 0.3) is 0 Å². The molecule has 13 heavy (non-hydrogen) atoms. The van der Waals surface area contributed by atoms with Crippen LogP contribution in [-0.4, -0.2) is 9.33 Å². The van der Waals surface area contributed by atoms with Crippen molar-refractivity contribution >= 4 is 28.5 Å². The summed E-state index contributed by atoms with van der Waals surface area (Å²) in [5.74, 6) is -0.144. The van der Waals surface area contributed by atoms with Crippen LogP contribution >= 0.6 is 22.6 Å². The van der Waals surface area contributed by atoms with Gasteiger partial charge in [-0.2, -0.15) is 0 Å². The lowest BCUT2D eigenvalue weighted by Gasteiger charge is -2.23. The predicted octanol–water partition coefficient (Wildman–Crippen LogP) is 3.03. The van der Waals surface area contributed by atoms with E-state index in [9.17, 15) is 4.79 Å². The van der Waals surface area contributed by atoms with E-state index in [2.05, 4.69) is 36.4 Å². The molecule has 0 aromatic rings. The van der Waals surface area contributed by atoms with Gasteiger partial charge in [-0.05, 0) is 12.8 Å². The average Bonchev–Trinajstić information content (AvgIpc) is 2.11. The number of halogens is 1. The summed E-state index contributed by atoms with van der Waals surface area (Å²) < 4.78 is -0.288. The summed E-state index contributed by atoms with van der Waals surface area (Å²) in [6.45, 7) is 4.27. The zero-order valence-electron chi connectivity index (χ0n) is 8.61. The van der Waals surface area contributed by atoms with Gasteiger partial charge in [-0.1, -0.05) is 62.1 Å². The van der Waals surface area contributed by atoms with Crippen molar-refractivity contribution in [1.29, 1.82) is 0 Å². The zero-order chi connectivity index (χ0) is 10.3. The molecule has 0 saturated carbocycles. The lowest BCUT2D eigenvalue weighted by molar-refractivity contribution is -0.120. The van der Waals surface area contributed by atoms with E-state index in [1.54, 1.807) is 0 Å². The summed E-state index contributed by atoms with van der Waals surface area (Å²) in [5, 5.41) is 0. The van der Waals surface area contributed by atoms with Gasteiger partial charge >= 0.3 is 0 Å². The first-order valence-electron chi connectivity index (χ1n) is 5.05. The normalized spacial score (nSPS) is 11.6. The van der Waals surface area contributed by atoms with Crippen LogP contribution in [0, 0.1) is 0 Å². The molecule has 0 aliphatic heterocycles. The second-order valence-corrected chi connectivity index (χ2v) is 5.60. The monoisotopic (exact) mass is 297 g/mol. The van der Waals surface area contributed by atoms with Crippen LogP contribution in [-0.2, 0) is 4.79 Å². The number of hydrogen-bond donors (Lipinski definition) is 1. The Morgan fingerprint density at radius 3 is 1.85 bits per heavy atom. The Labute approximate surface area is 94.8 Å². The van der Waals surface area contributed by atoms with Gasteiger partial charge in [-0.3, -0.25) is 4.79 Å². The highest BCUT2D eigenvalue weighted by Crippen LogP contribution is 2.31. The fraction of sp³-hybridized carbons (Fsp3) is 0.900. The first kappa shape index (κ1) is 13.2. The van der Waals surface area contributed by atoms with Crippen LogP contribution in [0.4, 0.5) is 0 Å². The molecule has 0 bridgehead atoms. The molecule has 78 valence electrons. The van der Waals surface area contributed by atoms with Crippen molar-refractivity contribution in [3.8, 4) is 0 Å². The van der Waals surface area contributed by atoms with Gasteiger partial charge in [-0.25, -0.2) is 0 Å². The van der Waals surface area contributed by atoms with Crippen molar-refractivity contribution < 1.29 is 4.79 Å². The number of nitrogens with two attached hydrogens (primary N) is 1. The van der Waals surface area contributed by atoms with E-state index < -0.39 is 0 Å². The first-order chi connectivity index (χ1) is 6.06. The summed E-state index contributed by atoms with van der Waals surface area (Å²) in [6, 6.07) is 0. The summed E-state index contributed by atoms with van der Waals surface area (Å²) in [4.78, 5) is 11.2. The Balaban J connectivity index is 4.08. The number of hydrogen-bond acceptors (Lipinski definition) is 1. The summed E-state index contributed by atoms with van der Waals surface area (Å²) in [7, 11) is 0. The maximum Gasteiger partial charge on any atom is 0.233 e. The molecule has 0 aliphatic carbocycles. The van der Waals surface area contributed by atoms with E-state index >= 15 is 0 Å². The zero-order valence-corrected chi connectivity index (χ0v) is 10.8. The van der Waals surface area contributed by atoms with Gasteiger partial charge < -0.3 is 5.73 Å². The number of rotatable bonds is 7. The minimum absolute atomic E-state index is 0.144. The lowest BCUT2D eigenvalue weighted by Crippen LogP contribution is -2.37. The Morgan fingerprint density at radius 2 is 1.62 bits per heavy atom.